The highest BCUT2D eigenvalue weighted by atomic mass is 127. The second-order valence-corrected chi connectivity index (χ2v) is 5.52. The molecule has 0 radical (unpaired) electrons. The maximum absolute atomic E-state index is 14.7. The highest BCUT2D eigenvalue weighted by Crippen LogP contribution is 2.36. The quantitative estimate of drug-likeness (QED) is 0.193. The number of benzene rings is 3. The maximum Gasteiger partial charge on any atom is 0.367 e. The van der Waals surface area contributed by atoms with Gasteiger partial charge in [-0.1, -0.05) is 48.5 Å². The van der Waals surface area contributed by atoms with E-state index in [-0.39, 0.29) is 29.9 Å². The number of nitrogens with zero attached hydrogens (tertiary/aromatic N) is 1. The number of aryl methyl sites for hydroxylation is 1. The number of hydrogen-bond acceptors (Lipinski definition) is 0. The second kappa shape index (κ2) is 6.24. The summed E-state index contributed by atoms with van der Waals surface area (Å²) in [5, 5.41) is 4.40. The number of aromatic nitrogens is 1. The molecule has 0 amide bonds. The van der Waals surface area contributed by atoms with Crippen molar-refractivity contribution in [1.82, 2.24) is 0 Å². The molecule has 0 fully saturated rings. The fourth-order valence-corrected chi connectivity index (χ4v) is 3.08. The van der Waals surface area contributed by atoms with Crippen molar-refractivity contribution >= 4 is 21.5 Å². The minimum absolute atomic E-state index is 0. The van der Waals surface area contributed by atoms with Crippen LogP contribution < -0.4 is 28.5 Å². The van der Waals surface area contributed by atoms with Crippen LogP contribution in [0.5, 0.6) is 0 Å². The largest absolute Gasteiger partial charge is 1.00 e. The number of fused-ring (bicyclic) bond motifs is 2. The van der Waals surface area contributed by atoms with Crippen LogP contribution in [0.2, 0.25) is 0 Å². The third-order valence-corrected chi connectivity index (χ3v) is 4.15. The average molecular weight is 415 g/mol. The number of pyridine rings is 1. The van der Waals surface area contributed by atoms with Crippen molar-refractivity contribution in [3.8, 4) is 11.1 Å². The van der Waals surface area contributed by atoms with E-state index >= 15 is 0 Å². The van der Waals surface area contributed by atoms with Crippen molar-refractivity contribution < 1.29 is 32.9 Å². The molecule has 0 saturated carbocycles. The van der Waals surface area contributed by atoms with E-state index in [9.17, 15) is 4.39 Å². The Morgan fingerprint density at radius 2 is 1.35 bits per heavy atom. The van der Waals surface area contributed by atoms with Gasteiger partial charge in [0.25, 0.3) is 0 Å². The molecule has 3 aromatic carbocycles. The van der Waals surface area contributed by atoms with Crippen molar-refractivity contribution in [3.63, 3.8) is 0 Å². The first-order valence-electron chi connectivity index (χ1n) is 7.31. The molecule has 0 N–H and O–H groups in total. The van der Waals surface area contributed by atoms with Crippen LogP contribution >= 0.6 is 0 Å². The average Bonchev–Trinajstić information content (AvgIpc) is 2.55. The van der Waals surface area contributed by atoms with E-state index in [1.165, 1.54) is 4.57 Å². The zero-order chi connectivity index (χ0) is 15.1. The fraction of sp³-hybridized carbons (Fsp3) is 0.0500. The second-order valence-electron chi connectivity index (χ2n) is 5.52. The van der Waals surface area contributed by atoms with E-state index in [0.29, 0.717) is 5.56 Å². The molecule has 0 aliphatic rings. The van der Waals surface area contributed by atoms with Gasteiger partial charge >= 0.3 is 5.95 Å². The lowest BCUT2D eigenvalue weighted by atomic mass is 9.92. The third kappa shape index (κ3) is 2.59. The Morgan fingerprint density at radius 3 is 1.96 bits per heavy atom. The zero-order valence-electron chi connectivity index (χ0n) is 12.6. The Balaban J connectivity index is 0.00000156. The van der Waals surface area contributed by atoms with E-state index in [1.807, 2.05) is 36.4 Å². The number of rotatable bonds is 1. The van der Waals surface area contributed by atoms with E-state index < -0.39 is 0 Å². The summed E-state index contributed by atoms with van der Waals surface area (Å²) < 4.78 is 16.2. The van der Waals surface area contributed by atoms with Gasteiger partial charge in [-0.25, -0.2) is 0 Å². The van der Waals surface area contributed by atoms with Crippen LogP contribution in [0.4, 0.5) is 4.39 Å². The molecule has 3 heteroatoms. The minimum Gasteiger partial charge on any atom is -1.00 e. The van der Waals surface area contributed by atoms with Crippen LogP contribution in [0, 0.1) is 5.95 Å². The topological polar surface area (TPSA) is 3.88 Å². The summed E-state index contributed by atoms with van der Waals surface area (Å²) in [6.45, 7) is 0. The molecule has 114 valence electrons. The van der Waals surface area contributed by atoms with Crippen LogP contribution in [0.15, 0.2) is 72.9 Å². The molecule has 0 spiro atoms. The zero-order valence-corrected chi connectivity index (χ0v) is 14.8. The van der Waals surface area contributed by atoms with Crippen LogP contribution in [0.3, 0.4) is 0 Å². The molecule has 1 aromatic heterocycles. The lowest BCUT2D eigenvalue weighted by Gasteiger charge is -2.11. The van der Waals surface area contributed by atoms with E-state index in [0.717, 1.165) is 27.1 Å². The van der Waals surface area contributed by atoms with E-state index in [1.54, 1.807) is 13.2 Å². The summed E-state index contributed by atoms with van der Waals surface area (Å²) >= 11 is 0. The van der Waals surface area contributed by atoms with Crippen molar-refractivity contribution in [2.75, 3.05) is 0 Å². The predicted molar refractivity (Wildman–Crippen MR) is 88.0 cm³/mol. The first-order valence-corrected chi connectivity index (χ1v) is 7.31. The summed E-state index contributed by atoms with van der Waals surface area (Å²) in [7, 11) is 1.73. The molecule has 0 aliphatic carbocycles. The van der Waals surface area contributed by atoms with Gasteiger partial charge in [-0.05, 0) is 33.7 Å². The molecular weight excluding hydrogens is 400 g/mol. The summed E-state index contributed by atoms with van der Waals surface area (Å²) in [6, 6.07) is 22.2. The Labute approximate surface area is 151 Å². The smallest absolute Gasteiger partial charge is 0.367 e. The first-order chi connectivity index (χ1) is 10.8. The Morgan fingerprint density at radius 1 is 0.783 bits per heavy atom. The van der Waals surface area contributed by atoms with Gasteiger partial charge in [-0.15, -0.1) is 4.39 Å². The van der Waals surface area contributed by atoms with Gasteiger partial charge in [0.15, 0.2) is 6.20 Å². The minimum atomic E-state index is -0.219. The molecule has 0 aliphatic heterocycles. The highest BCUT2D eigenvalue weighted by molar-refractivity contribution is 6.12. The van der Waals surface area contributed by atoms with Crippen molar-refractivity contribution in [2.24, 2.45) is 7.05 Å². The molecule has 4 rings (SSSR count). The van der Waals surface area contributed by atoms with E-state index in [2.05, 4.69) is 30.3 Å². The molecule has 0 unspecified atom stereocenters. The Kier molecular flexibility index (Phi) is 4.31. The lowest BCUT2D eigenvalue weighted by Crippen LogP contribution is -3.00. The highest BCUT2D eigenvalue weighted by Gasteiger charge is 2.18. The van der Waals surface area contributed by atoms with Crippen LogP contribution in [0.25, 0.3) is 32.7 Å². The van der Waals surface area contributed by atoms with Crippen molar-refractivity contribution in [3.05, 3.63) is 78.9 Å². The van der Waals surface area contributed by atoms with Crippen LogP contribution in [-0.4, -0.2) is 0 Å². The van der Waals surface area contributed by atoms with E-state index in [4.69, 9.17) is 0 Å². The molecule has 0 bridgehead atoms. The number of hydrogen-bond donors (Lipinski definition) is 0. The molecule has 1 nitrogen and oxygen atoms in total. The van der Waals surface area contributed by atoms with Gasteiger partial charge in [0.1, 0.15) is 7.05 Å². The molecule has 23 heavy (non-hydrogen) atoms. The van der Waals surface area contributed by atoms with Gasteiger partial charge in [-0.3, -0.25) is 0 Å². The van der Waals surface area contributed by atoms with Crippen LogP contribution in [-0.2, 0) is 7.05 Å². The van der Waals surface area contributed by atoms with Gasteiger partial charge < -0.3 is 24.0 Å². The summed E-state index contributed by atoms with van der Waals surface area (Å²) in [5.74, 6) is -0.219. The van der Waals surface area contributed by atoms with Gasteiger partial charge in [-0.2, -0.15) is 4.57 Å². The molecule has 0 atom stereocenters. The van der Waals surface area contributed by atoms with Crippen molar-refractivity contribution in [1.29, 1.82) is 0 Å². The Hall–Kier alpha value is -2.01. The predicted octanol–water partition coefficient (Wildman–Crippen LogP) is 1.63. The SMILES string of the molecule is C[n+]1cccc(-c2c3ccccc3cc3ccccc23)c1F.[I-]. The normalized spacial score (nSPS) is 10.7. The Bertz CT molecular complexity index is 957. The number of halogens is 2. The monoisotopic (exact) mass is 415 g/mol. The summed E-state index contributed by atoms with van der Waals surface area (Å²) in [4.78, 5) is 0. The molecule has 0 saturated heterocycles. The van der Waals surface area contributed by atoms with Crippen molar-refractivity contribution in [2.45, 2.75) is 0 Å². The standard InChI is InChI=1S/C20H15FN.HI/c1-22-12-6-11-18(20(22)21)19-16-9-4-2-7-14(16)13-15-8-3-5-10-17(15)19;/h2-13H,1H3;1H/q+1;/p-1. The summed E-state index contributed by atoms with van der Waals surface area (Å²) in [5.41, 5.74) is 1.60. The van der Waals surface area contributed by atoms with Crippen LogP contribution in [0.1, 0.15) is 0 Å². The third-order valence-electron chi connectivity index (χ3n) is 4.15. The molecule has 4 aromatic rings. The lowest BCUT2D eigenvalue weighted by molar-refractivity contribution is -0.699. The van der Waals surface area contributed by atoms with Gasteiger partial charge in [0.05, 0.1) is 5.56 Å². The first kappa shape index (κ1) is 15.9. The van der Waals surface area contributed by atoms with Gasteiger partial charge in [0.2, 0.25) is 0 Å². The maximum atomic E-state index is 14.7. The fourth-order valence-electron chi connectivity index (χ4n) is 3.08. The summed E-state index contributed by atoms with van der Waals surface area (Å²) in [6.07, 6.45) is 1.73. The van der Waals surface area contributed by atoms with Gasteiger partial charge in [0, 0.05) is 11.6 Å². The molecular formula is C20H15FIN. The molecule has 1 heterocycles.